The number of likely N-dealkylation sites (N-methyl/N-ethyl adjacent to an activating group) is 1. The van der Waals surface area contributed by atoms with Gasteiger partial charge in [0.15, 0.2) is 0 Å². The highest BCUT2D eigenvalue weighted by atomic mass is 16.4. The van der Waals surface area contributed by atoms with E-state index in [1.807, 2.05) is 48.2 Å². The first-order chi connectivity index (χ1) is 16.4. The Kier molecular flexibility index (Phi) is 8.93. The number of nitrogens with zero attached hydrogens (tertiary/aromatic N) is 5. The molecule has 0 aliphatic carbocycles. The molecule has 3 rings (SSSR count). The number of aromatic nitrogens is 3. The summed E-state index contributed by atoms with van der Waals surface area (Å²) >= 11 is 0. The summed E-state index contributed by atoms with van der Waals surface area (Å²) in [5, 5.41) is 17.5. The summed E-state index contributed by atoms with van der Waals surface area (Å²) in [6, 6.07) is 16.7. The molecule has 2 aromatic carbocycles. The second-order valence-corrected chi connectivity index (χ2v) is 8.30. The summed E-state index contributed by atoms with van der Waals surface area (Å²) in [7, 11) is 0. The highest BCUT2D eigenvalue weighted by Crippen LogP contribution is 2.20. The Hall–Kier alpha value is -3.52. The van der Waals surface area contributed by atoms with Crippen LogP contribution in [0, 0.1) is 0 Å². The van der Waals surface area contributed by atoms with Gasteiger partial charge in [0.1, 0.15) is 11.7 Å². The van der Waals surface area contributed by atoms with Crippen LogP contribution < -0.4 is 0 Å². The topological polar surface area (TPSA) is 91.6 Å². The molecule has 180 valence electrons. The number of carbonyl (C=O) groups excluding carboxylic acids is 1. The molecule has 0 fully saturated rings. The third-order valence-corrected chi connectivity index (χ3v) is 5.95. The maximum atomic E-state index is 13.5. The van der Waals surface area contributed by atoms with Crippen molar-refractivity contribution in [2.75, 3.05) is 26.2 Å². The molecule has 0 spiro atoms. The summed E-state index contributed by atoms with van der Waals surface area (Å²) in [5.41, 5.74) is 3.14. The zero-order valence-electron chi connectivity index (χ0n) is 20.1. The van der Waals surface area contributed by atoms with Crippen LogP contribution in [0.2, 0.25) is 0 Å². The van der Waals surface area contributed by atoms with Gasteiger partial charge in [-0.1, -0.05) is 67.6 Å². The Bertz CT molecular complexity index is 1080. The van der Waals surface area contributed by atoms with Gasteiger partial charge in [-0.05, 0) is 37.2 Å². The SMILES string of the molecule is CCN(CC)CCN(Cc1ccccc1)C(=O)C(C)n1cc(-c2cccc(CC(=O)O)c2)nn1. The molecule has 1 N–H and O–H groups in total. The van der Waals surface area contributed by atoms with Gasteiger partial charge in [0.25, 0.3) is 0 Å². The van der Waals surface area contributed by atoms with Crippen molar-refractivity contribution >= 4 is 11.9 Å². The zero-order chi connectivity index (χ0) is 24.5. The largest absolute Gasteiger partial charge is 0.481 e. The molecule has 0 bridgehead atoms. The van der Waals surface area contributed by atoms with Gasteiger partial charge in [-0.25, -0.2) is 4.68 Å². The fraction of sp³-hybridized carbons (Fsp3) is 0.385. The number of carboxylic acid groups (broad SMARTS) is 1. The van der Waals surface area contributed by atoms with Gasteiger partial charge in [-0.2, -0.15) is 0 Å². The average Bonchev–Trinajstić information content (AvgIpc) is 3.34. The van der Waals surface area contributed by atoms with Crippen molar-refractivity contribution in [1.82, 2.24) is 24.8 Å². The number of hydrogen-bond acceptors (Lipinski definition) is 5. The van der Waals surface area contributed by atoms with Crippen LogP contribution in [0.25, 0.3) is 11.3 Å². The minimum atomic E-state index is -0.886. The third-order valence-electron chi connectivity index (χ3n) is 5.95. The second-order valence-electron chi connectivity index (χ2n) is 8.30. The lowest BCUT2D eigenvalue weighted by atomic mass is 10.1. The Morgan fingerprint density at radius 3 is 2.38 bits per heavy atom. The average molecular weight is 464 g/mol. The number of aliphatic carboxylic acids is 1. The van der Waals surface area contributed by atoms with E-state index in [0.29, 0.717) is 24.3 Å². The number of carboxylic acids is 1. The molecular weight excluding hydrogens is 430 g/mol. The molecule has 0 radical (unpaired) electrons. The van der Waals surface area contributed by atoms with Crippen LogP contribution in [-0.4, -0.2) is 68.0 Å². The van der Waals surface area contributed by atoms with E-state index in [1.54, 1.807) is 29.1 Å². The van der Waals surface area contributed by atoms with Gasteiger partial charge >= 0.3 is 5.97 Å². The lowest BCUT2D eigenvalue weighted by molar-refractivity contribution is -0.136. The normalized spacial score (nSPS) is 12.0. The minimum absolute atomic E-state index is 0.0212. The molecular formula is C26H33N5O3. The Morgan fingerprint density at radius 1 is 1.00 bits per heavy atom. The first-order valence-corrected chi connectivity index (χ1v) is 11.7. The van der Waals surface area contributed by atoms with Gasteiger partial charge in [-0.15, -0.1) is 5.10 Å². The van der Waals surface area contributed by atoms with E-state index in [0.717, 1.165) is 30.8 Å². The lowest BCUT2D eigenvalue weighted by Gasteiger charge is -2.28. The summed E-state index contributed by atoms with van der Waals surface area (Å²) in [6.07, 6.45) is 1.69. The molecule has 34 heavy (non-hydrogen) atoms. The van der Waals surface area contributed by atoms with Gasteiger partial charge in [0.05, 0.1) is 12.6 Å². The zero-order valence-corrected chi connectivity index (χ0v) is 20.1. The van der Waals surface area contributed by atoms with Crippen molar-refractivity contribution in [2.45, 2.75) is 39.8 Å². The number of hydrogen-bond donors (Lipinski definition) is 1. The van der Waals surface area contributed by atoms with Gasteiger partial charge in [-0.3, -0.25) is 9.59 Å². The smallest absolute Gasteiger partial charge is 0.307 e. The van der Waals surface area contributed by atoms with Crippen molar-refractivity contribution in [3.8, 4) is 11.3 Å². The highest BCUT2D eigenvalue weighted by molar-refractivity contribution is 5.80. The molecule has 8 nitrogen and oxygen atoms in total. The molecule has 1 heterocycles. The van der Waals surface area contributed by atoms with Crippen LogP contribution in [0.1, 0.15) is 37.9 Å². The first-order valence-electron chi connectivity index (χ1n) is 11.7. The van der Waals surface area contributed by atoms with Crippen molar-refractivity contribution < 1.29 is 14.7 Å². The number of rotatable bonds is 12. The van der Waals surface area contributed by atoms with E-state index < -0.39 is 12.0 Å². The molecule has 0 saturated carbocycles. The van der Waals surface area contributed by atoms with Gasteiger partial charge in [0, 0.05) is 25.2 Å². The van der Waals surface area contributed by atoms with Crippen molar-refractivity contribution in [3.63, 3.8) is 0 Å². The highest BCUT2D eigenvalue weighted by Gasteiger charge is 2.24. The maximum Gasteiger partial charge on any atom is 0.307 e. The van der Waals surface area contributed by atoms with E-state index in [-0.39, 0.29) is 12.3 Å². The summed E-state index contributed by atoms with van der Waals surface area (Å²) < 4.78 is 1.58. The molecule has 1 unspecified atom stereocenters. The van der Waals surface area contributed by atoms with E-state index in [1.165, 1.54) is 0 Å². The number of carbonyl (C=O) groups is 2. The van der Waals surface area contributed by atoms with Crippen molar-refractivity contribution in [2.24, 2.45) is 0 Å². The van der Waals surface area contributed by atoms with Crippen LogP contribution in [0.4, 0.5) is 0 Å². The minimum Gasteiger partial charge on any atom is -0.481 e. The Labute approximate surface area is 200 Å². The van der Waals surface area contributed by atoms with Gasteiger partial charge in [0.2, 0.25) is 5.91 Å². The quantitative estimate of drug-likeness (QED) is 0.442. The number of amides is 1. The van der Waals surface area contributed by atoms with E-state index in [2.05, 4.69) is 29.1 Å². The first kappa shape index (κ1) is 25.1. The predicted molar refractivity (Wildman–Crippen MR) is 131 cm³/mol. The van der Waals surface area contributed by atoms with Crippen LogP contribution >= 0.6 is 0 Å². The van der Waals surface area contributed by atoms with Crippen molar-refractivity contribution in [3.05, 3.63) is 71.9 Å². The third kappa shape index (κ3) is 6.74. The molecule has 1 aromatic heterocycles. The standard InChI is InChI=1S/C26H33N5O3/c1-4-29(5-2)14-15-30(18-21-10-7-6-8-11-21)26(34)20(3)31-19-24(27-28-31)23-13-9-12-22(16-23)17-25(32)33/h6-13,16,19-20H,4-5,14-15,17-18H2,1-3H3,(H,32,33). The van der Waals surface area contributed by atoms with Crippen LogP contribution in [0.5, 0.6) is 0 Å². The van der Waals surface area contributed by atoms with E-state index in [9.17, 15) is 9.59 Å². The second kappa shape index (κ2) is 12.1. The lowest BCUT2D eigenvalue weighted by Crippen LogP contribution is -2.41. The van der Waals surface area contributed by atoms with Gasteiger partial charge < -0.3 is 14.9 Å². The maximum absolute atomic E-state index is 13.5. The molecule has 0 aliphatic rings. The summed E-state index contributed by atoms with van der Waals surface area (Å²) in [6.45, 7) is 9.91. The number of benzene rings is 2. The van der Waals surface area contributed by atoms with Crippen LogP contribution in [0.3, 0.4) is 0 Å². The van der Waals surface area contributed by atoms with Crippen molar-refractivity contribution in [1.29, 1.82) is 0 Å². The Balaban J connectivity index is 1.77. The van der Waals surface area contributed by atoms with Crippen LogP contribution in [0.15, 0.2) is 60.8 Å². The molecule has 1 atom stereocenters. The Morgan fingerprint density at radius 2 is 1.71 bits per heavy atom. The molecule has 0 saturated heterocycles. The molecule has 0 aliphatic heterocycles. The van der Waals surface area contributed by atoms with E-state index >= 15 is 0 Å². The predicted octanol–water partition coefficient (Wildman–Crippen LogP) is 3.50. The molecule has 3 aromatic rings. The molecule has 8 heteroatoms. The summed E-state index contributed by atoms with van der Waals surface area (Å²) in [5.74, 6) is -0.907. The monoisotopic (exact) mass is 463 g/mol. The fourth-order valence-electron chi connectivity index (χ4n) is 3.86. The summed E-state index contributed by atoms with van der Waals surface area (Å²) in [4.78, 5) is 28.7. The fourth-order valence-corrected chi connectivity index (χ4v) is 3.86. The van der Waals surface area contributed by atoms with Crippen LogP contribution in [-0.2, 0) is 22.6 Å². The molecule has 1 amide bonds. The van der Waals surface area contributed by atoms with E-state index in [4.69, 9.17) is 5.11 Å².